The van der Waals surface area contributed by atoms with Crippen molar-refractivity contribution in [2.24, 2.45) is 5.73 Å². The van der Waals surface area contributed by atoms with Crippen molar-refractivity contribution in [1.82, 2.24) is 4.98 Å². The van der Waals surface area contributed by atoms with Crippen LogP contribution in [0.1, 0.15) is 38.5 Å². The second-order valence-electron chi connectivity index (χ2n) is 5.58. The van der Waals surface area contributed by atoms with Crippen LogP contribution >= 0.6 is 0 Å². The van der Waals surface area contributed by atoms with Crippen LogP contribution in [0.15, 0.2) is 22.6 Å². The monoisotopic (exact) mass is 273 g/mol. The molecule has 1 aliphatic rings. The summed E-state index contributed by atoms with van der Waals surface area (Å²) in [5, 5.41) is 2.89. The minimum Gasteiger partial charge on any atom is -0.441 e. The van der Waals surface area contributed by atoms with Gasteiger partial charge in [-0.2, -0.15) is 0 Å². The molecule has 1 heterocycles. The maximum Gasteiger partial charge on any atom is 0.226 e. The number of benzene rings is 1. The SMILES string of the molecule is CCc1nc2cc(NC(=O)CC3(N)CCC3)ccc2o1. The number of aryl methyl sites for hydroxylation is 1. The first-order valence-electron chi connectivity index (χ1n) is 7.06. The van der Waals surface area contributed by atoms with Crippen LogP contribution in [0.3, 0.4) is 0 Å². The Bertz CT molecular complexity index is 644. The number of rotatable bonds is 4. The van der Waals surface area contributed by atoms with Gasteiger partial charge in [-0.15, -0.1) is 0 Å². The Hall–Kier alpha value is -1.88. The quantitative estimate of drug-likeness (QED) is 0.897. The van der Waals surface area contributed by atoms with Crippen LogP contribution in [-0.4, -0.2) is 16.4 Å². The van der Waals surface area contributed by atoms with E-state index in [1.165, 1.54) is 0 Å². The lowest BCUT2D eigenvalue weighted by molar-refractivity contribution is -0.118. The minimum atomic E-state index is -0.294. The second kappa shape index (κ2) is 4.90. The molecule has 1 saturated carbocycles. The van der Waals surface area contributed by atoms with E-state index in [0.717, 1.165) is 42.5 Å². The molecule has 20 heavy (non-hydrogen) atoms. The highest BCUT2D eigenvalue weighted by atomic mass is 16.3. The van der Waals surface area contributed by atoms with Crippen molar-refractivity contribution in [3.05, 3.63) is 24.1 Å². The number of nitrogens with one attached hydrogen (secondary N) is 1. The molecule has 3 rings (SSSR count). The Morgan fingerprint density at radius 3 is 2.95 bits per heavy atom. The molecule has 2 aromatic rings. The Morgan fingerprint density at radius 2 is 2.30 bits per heavy atom. The number of oxazole rings is 1. The molecule has 106 valence electrons. The maximum atomic E-state index is 12.0. The Kier molecular flexibility index (Phi) is 3.22. The van der Waals surface area contributed by atoms with Gasteiger partial charge in [0.05, 0.1) is 0 Å². The van der Waals surface area contributed by atoms with Gasteiger partial charge in [0, 0.05) is 24.1 Å². The van der Waals surface area contributed by atoms with Crippen LogP contribution in [0.25, 0.3) is 11.1 Å². The van der Waals surface area contributed by atoms with Gasteiger partial charge >= 0.3 is 0 Å². The summed E-state index contributed by atoms with van der Waals surface area (Å²) in [6, 6.07) is 5.49. The fraction of sp³-hybridized carbons (Fsp3) is 0.467. The van der Waals surface area contributed by atoms with E-state index < -0.39 is 0 Å². The number of aromatic nitrogens is 1. The molecule has 1 aliphatic carbocycles. The molecule has 0 spiro atoms. The zero-order chi connectivity index (χ0) is 14.2. The summed E-state index contributed by atoms with van der Waals surface area (Å²) in [7, 11) is 0. The van der Waals surface area contributed by atoms with E-state index in [4.69, 9.17) is 10.2 Å². The lowest BCUT2D eigenvalue weighted by atomic mass is 9.75. The fourth-order valence-electron chi connectivity index (χ4n) is 2.54. The first-order valence-corrected chi connectivity index (χ1v) is 7.06. The summed E-state index contributed by atoms with van der Waals surface area (Å²) < 4.78 is 5.54. The Labute approximate surface area is 117 Å². The van der Waals surface area contributed by atoms with E-state index >= 15 is 0 Å². The number of anilines is 1. The topological polar surface area (TPSA) is 81.2 Å². The third kappa shape index (κ3) is 2.54. The molecule has 0 radical (unpaired) electrons. The van der Waals surface area contributed by atoms with Crippen LogP contribution in [0.2, 0.25) is 0 Å². The average molecular weight is 273 g/mol. The number of nitrogens with two attached hydrogens (primary N) is 1. The number of hydrogen-bond donors (Lipinski definition) is 2. The molecule has 3 N–H and O–H groups in total. The summed E-state index contributed by atoms with van der Waals surface area (Å²) in [5.74, 6) is 0.671. The molecule has 1 aromatic carbocycles. The van der Waals surface area contributed by atoms with E-state index in [9.17, 15) is 4.79 Å². The number of hydrogen-bond acceptors (Lipinski definition) is 4. The zero-order valence-corrected chi connectivity index (χ0v) is 11.6. The molecular weight excluding hydrogens is 254 g/mol. The highest BCUT2D eigenvalue weighted by Crippen LogP contribution is 2.32. The van der Waals surface area contributed by atoms with Crippen molar-refractivity contribution in [2.45, 2.75) is 44.6 Å². The highest BCUT2D eigenvalue weighted by Gasteiger charge is 2.34. The summed E-state index contributed by atoms with van der Waals surface area (Å²) in [6.07, 6.45) is 4.12. The molecule has 0 unspecified atom stereocenters. The molecule has 0 saturated heterocycles. The number of amides is 1. The smallest absolute Gasteiger partial charge is 0.226 e. The third-order valence-electron chi connectivity index (χ3n) is 3.88. The van der Waals surface area contributed by atoms with E-state index in [1.807, 2.05) is 25.1 Å². The Morgan fingerprint density at radius 1 is 1.50 bits per heavy atom. The van der Waals surface area contributed by atoms with E-state index in [-0.39, 0.29) is 11.4 Å². The first-order chi connectivity index (χ1) is 9.58. The molecule has 1 fully saturated rings. The van der Waals surface area contributed by atoms with E-state index in [0.29, 0.717) is 12.3 Å². The highest BCUT2D eigenvalue weighted by molar-refractivity contribution is 5.93. The van der Waals surface area contributed by atoms with E-state index in [1.54, 1.807) is 0 Å². The predicted octanol–water partition coefficient (Wildman–Crippen LogP) is 2.60. The molecule has 5 heteroatoms. The van der Waals surface area contributed by atoms with Crippen molar-refractivity contribution in [3.63, 3.8) is 0 Å². The van der Waals surface area contributed by atoms with Gasteiger partial charge in [0.15, 0.2) is 11.5 Å². The maximum absolute atomic E-state index is 12.0. The van der Waals surface area contributed by atoms with Crippen LogP contribution in [0.4, 0.5) is 5.69 Å². The third-order valence-corrected chi connectivity index (χ3v) is 3.88. The summed E-state index contributed by atoms with van der Waals surface area (Å²) in [6.45, 7) is 1.99. The molecular formula is C15H19N3O2. The number of fused-ring (bicyclic) bond motifs is 1. The molecule has 1 amide bonds. The van der Waals surface area contributed by atoms with Crippen molar-refractivity contribution in [3.8, 4) is 0 Å². The Balaban J connectivity index is 1.71. The minimum absolute atomic E-state index is 0.0363. The first kappa shape index (κ1) is 13.1. The fourth-order valence-corrected chi connectivity index (χ4v) is 2.54. The van der Waals surface area contributed by atoms with Crippen LogP contribution in [0.5, 0.6) is 0 Å². The van der Waals surface area contributed by atoms with E-state index in [2.05, 4.69) is 10.3 Å². The molecule has 0 bridgehead atoms. The summed E-state index contributed by atoms with van der Waals surface area (Å²) in [5.41, 5.74) is 8.04. The lowest BCUT2D eigenvalue weighted by Gasteiger charge is -2.37. The van der Waals surface area contributed by atoms with Gasteiger partial charge in [-0.3, -0.25) is 4.79 Å². The van der Waals surface area contributed by atoms with Gasteiger partial charge in [0.1, 0.15) is 5.52 Å². The van der Waals surface area contributed by atoms with Gasteiger partial charge in [0.2, 0.25) is 5.91 Å². The average Bonchev–Trinajstić information content (AvgIpc) is 2.79. The van der Waals surface area contributed by atoms with Gasteiger partial charge in [-0.1, -0.05) is 6.92 Å². The predicted molar refractivity (Wildman–Crippen MR) is 77.4 cm³/mol. The molecule has 5 nitrogen and oxygen atoms in total. The standard InChI is InChI=1S/C15H19N3O2/c1-2-14-18-11-8-10(4-5-12(11)20-14)17-13(19)9-15(16)6-3-7-15/h4-5,8H,2-3,6-7,9,16H2,1H3,(H,17,19). The summed E-state index contributed by atoms with van der Waals surface area (Å²) >= 11 is 0. The number of carbonyl (C=O) groups is 1. The van der Waals surface area contributed by atoms with Crippen LogP contribution in [0, 0.1) is 0 Å². The van der Waals surface area contributed by atoms with Crippen molar-refractivity contribution >= 4 is 22.7 Å². The summed E-state index contributed by atoms with van der Waals surface area (Å²) in [4.78, 5) is 16.3. The molecule has 0 atom stereocenters. The molecule has 1 aromatic heterocycles. The van der Waals surface area contributed by atoms with Gasteiger partial charge in [-0.25, -0.2) is 4.98 Å². The van der Waals surface area contributed by atoms with Gasteiger partial charge in [0.25, 0.3) is 0 Å². The zero-order valence-electron chi connectivity index (χ0n) is 11.6. The van der Waals surface area contributed by atoms with Crippen molar-refractivity contribution < 1.29 is 9.21 Å². The van der Waals surface area contributed by atoms with Crippen LogP contribution < -0.4 is 11.1 Å². The second-order valence-corrected chi connectivity index (χ2v) is 5.58. The largest absolute Gasteiger partial charge is 0.441 e. The van der Waals surface area contributed by atoms with Crippen LogP contribution in [-0.2, 0) is 11.2 Å². The van der Waals surface area contributed by atoms with Gasteiger partial charge in [-0.05, 0) is 37.5 Å². The van der Waals surface area contributed by atoms with Crippen molar-refractivity contribution in [2.75, 3.05) is 5.32 Å². The number of nitrogens with zero attached hydrogens (tertiary/aromatic N) is 1. The normalized spacial score (nSPS) is 16.9. The van der Waals surface area contributed by atoms with Gasteiger partial charge < -0.3 is 15.5 Å². The lowest BCUT2D eigenvalue weighted by Crippen LogP contribution is -2.48. The number of carbonyl (C=O) groups excluding carboxylic acids is 1. The molecule has 0 aliphatic heterocycles. The van der Waals surface area contributed by atoms with Crippen molar-refractivity contribution in [1.29, 1.82) is 0 Å².